The van der Waals surface area contributed by atoms with Gasteiger partial charge in [-0.2, -0.15) is 0 Å². The zero-order chi connectivity index (χ0) is 15.9. The normalized spacial score (nSPS) is 22.0. The van der Waals surface area contributed by atoms with Gasteiger partial charge in [0.15, 0.2) is 0 Å². The summed E-state index contributed by atoms with van der Waals surface area (Å²) in [7, 11) is 0. The SMILES string of the molecule is CCC(C)C1(C(I)CC)c2ccccc2-c2c(C)cccc21. The van der Waals surface area contributed by atoms with Crippen molar-refractivity contribution < 1.29 is 0 Å². The Morgan fingerprint density at radius 3 is 2.32 bits per heavy atom. The van der Waals surface area contributed by atoms with Crippen LogP contribution in [0, 0.1) is 12.8 Å². The third-order valence-electron chi connectivity index (χ3n) is 5.60. The maximum atomic E-state index is 2.70. The fraction of sp³-hybridized carbons (Fsp3) is 0.429. The summed E-state index contributed by atoms with van der Waals surface area (Å²) in [5.74, 6) is 0.638. The summed E-state index contributed by atoms with van der Waals surface area (Å²) in [5.41, 5.74) is 7.63. The number of rotatable bonds is 4. The Bertz CT molecular complexity index is 676. The summed E-state index contributed by atoms with van der Waals surface area (Å²) in [4.78, 5) is 0. The molecular formula is C21H25I. The molecule has 0 bridgehead atoms. The van der Waals surface area contributed by atoms with E-state index in [2.05, 4.69) is 92.8 Å². The zero-order valence-electron chi connectivity index (χ0n) is 14.0. The van der Waals surface area contributed by atoms with E-state index < -0.39 is 0 Å². The summed E-state index contributed by atoms with van der Waals surface area (Å²) in [6.07, 6.45) is 2.41. The van der Waals surface area contributed by atoms with E-state index in [1.54, 1.807) is 11.1 Å². The predicted molar refractivity (Wildman–Crippen MR) is 105 cm³/mol. The summed E-state index contributed by atoms with van der Waals surface area (Å²) in [5, 5.41) is 0. The van der Waals surface area contributed by atoms with Gasteiger partial charge in [-0.1, -0.05) is 92.2 Å². The Hall–Kier alpha value is -0.830. The van der Waals surface area contributed by atoms with Gasteiger partial charge in [0.2, 0.25) is 0 Å². The van der Waals surface area contributed by atoms with Gasteiger partial charge in [0.25, 0.3) is 0 Å². The van der Waals surface area contributed by atoms with Crippen molar-refractivity contribution in [3.8, 4) is 11.1 Å². The highest BCUT2D eigenvalue weighted by molar-refractivity contribution is 14.1. The standard InChI is InChI=1S/C21H25I/c1-5-15(4)21(19(22)6-2)17-12-8-7-11-16(17)20-14(3)10-9-13-18(20)21/h7-13,15,19H,5-6H2,1-4H3. The maximum absolute atomic E-state index is 2.70. The second-order valence-electron chi connectivity index (χ2n) is 6.60. The molecule has 2 aromatic carbocycles. The molecule has 22 heavy (non-hydrogen) atoms. The lowest BCUT2D eigenvalue weighted by atomic mass is 9.65. The van der Waals surface area contributed by atoms with Crippen molar-refractivity contribution in [2.24, 2.45) is 5.92 Å². The molecule has 2 aromatic rings. The number of benzene rings is 2. The van der Waals surface area contributed by atoms with E-state index in [1.165, 1.54) is 29.5 Å². The van der Waals surface area contributed by atoms with E-state index in [0.717, 1.165) is 0 Å². The highest BCUT2D eigenvalue weighted by Crippen LogP contribution is 2.58. The molecule has 1 aliphatic rings. The van der Waals surface area contributed by atoms with Crippen LogP contribution in [-0.2, 0) is 5.41 Å². The fourth-order valence-electron chi connectivity index (χ4n) is 4.40. The lowest BCUT2D eigenvalue weighted by Crippen LogP contribution is -2.41. The average Bonchev–Trinajstić information content (AvgIpc) is 2.86. The van der Waals surface area contributed by atoms with Crippen molar-refractivity contribution in [3.63, 3.8) is 0 Å². The van der Waals surface area contributed by atoms with Gasteiger partial charge in [-0.25, -0.2) is 0 Å². The highest BCUT2D eigenvalue weighted by Gasteiger charge is 2.50. The number of hydrogen-bond acceptors (Lipinski definition) is 0. The van der Waals surface area contributed by atoms with E-state index in [-0.39, 0.29) is 5.41 Å². The van der Waals surface area contributed by atoms with Crippen LogP contribution in [0.2, 0.25) is 0 Å². The lowest BCUT2D eigenvalue weighted by molar-refractivity contribution is 0.334. The molecule has 0 heterocycles. The second-order valence-corrected chi connectivity index (χ2v) is 8.10. The number of aryl methyl sites for hydroxylation is 1. The smallest absolute Gasteiger partial charge is 0.0358 e. The quantitative estimate of drug-likeness (QED) is 0.402. The molecule has 3 rings (SSSR count). The van der Waals surface area contributed by atoms with Crippen molar-refractivity contribution in [2.45, 2.75) is 49.9 Å². The number of halogens is 1. The molecule has 0 aliphatic heterocycles. The molecule has 0 saturated carbocycles. The first kappa shape index (κ1) is 16.0. The topological polar surface area (TPSA) is 0 Å². The van der Waals surface area contributed by atoms with E-state index in [9.17, 15) is 0 Å². The van der Waals surface area contributed by atoms with Gasteiger partial charge in [-0.3, -0.25) is 0 Å². The first-order chi connectivity index (χ1) is 10.6. The van der Waals surface area contributed by atoms with Crippen molar-refractivity contribution >= 4 is 22.6 Å². The maximum Gasteiger partial charge on any atom is 0.0358 e. The van der Waals surface area contributed by atoms with Crippen molar-refractivity contribution in [1.82, 2.24) is 0 Å². The minimum absolute atomic E-state index is 0.155. The van der Waals surface area contributed by atoms with Gasteiger partial charge < -0.3 is 0 Å². The molecular weight excluding hydrogens is 379 g/mol. The monoisotopic (exact) mass is 404 g/mol. The number of alkyl halides is 1. The van der Waals surface area contributed by atoms with Crippen molar-refractivity contribution in [3.05, 3.63) is 59.2 Å². The largest absolute Gasteiger partial charge is 0.0813 e. The van der Waals surface area contributed by atoms with E-state index in [4.69, 9.17) is 0 Å². The molecule has 116 valence electrons. The Labute approximate surface area is 148 Å². The molecule has 0 amide bonds. The van der Waals surface area contributed by atoms with Gasteiger partial charge in [0, 0.05) is 9.34 Å². The predicted octanol–water partition coefficient (Wildman–Crippen LogP) is 6.52. The molecule has 1 aliphatic carbocycles. The minimum Gasteiger partial charge on any atom is -0.0813 e. The zero-order valence-corrected chi connectivity index (χ0v) is 16.1. The lowest BCUT2D eigenvalue weighted by Gasteiger charge is -2.41. The van der Waals surface area contributed by atoms with Gasteiger partial charge in [0.1, 0.15) is 0 Å². The van der Waals surface area contributed by atoms with Crippen molar-refractivity contribution in [2.75, 3.05) is 0 Å². The molecule has 0 spiro atoms. The third kappa shape index (κ3) is 2.01. The number of fused-ring (bicyclic) bond motifs is 3. The molecule has 0 aromatic heterocycles. The first-order valence-electron chi connectivity index (χ1n) is 8.42. The first-order valence-corrected chi connectivity index (χ1v) is 9.67. The summed E-state index contributed by atoms with van der Waals surface area (Å²) in [6.45, 7) is 9.37. The van der Waals surface area contributed by atoms with Crippen molar-refractivity contribution in [1.29, 1.82) is 0 Å². The van der Waals surface area contributed by atoms with Crippen LogP contribution in [0.25, 0.3) is 11.1 Å². The second kappa shape index (κ2) is 5.99. The molecule has 0 fully saturated rings. The van der Waals surface area contributed by atoms with Gasteiger partial charge >= 0.3 is 0 Å². The Morgan fingerprint density at radius 2 is 1.64 bits per heavy atom. The molecule has 1 heteroatoms. The molecule has 0 saturated heterocycles. The van der Waals surface area contributed by atoms with Crippen LogP contribution in [0.15, 0.2) is 42.5 Å². The Balaban J connectivity index is 2.42. The average molecular weight is 404 g/mol. The van der Waals surface area contributed by atoms with E-state index >= 15 is 0 Å². The van der Waals surface area contributed by atoms with Crippen LogP contribution in [-0.4, -0.2) is 3.92 Å². The van der Waals surface area contributed by atoms with Crippen LogP contribution in [0.5, 0.6) is 0 Å². The number of hydrogen-bond donors (Lipinski definition) is 0. The van der Waals surface area contributed by atoms with Crippen LogP contribution < -0.4 is 0 Å². The van der Waals surface area contributed by atoms with E-state index in [0.29, 0.717) is 9.84 Å². The van der Waals surface area contributed by atoms with Gasteiger partial charge in [-0.05, 0) is 47.1 Å². The third-order valence-corrected chi connectivity index (χ3v) is 7.47. The summed E-state index contributed by atoms with van der Waals surface area (Å²) < 4.78 is 0.615. The highest BCUT2D eigenvalue weighted by atomic mass is 127. The van der Waals surface area contributed by atoms with Crippen LogP contribution in [0.4, 0.5) is 0 Å². The van der Waals surface area contributed by atoms with E-state index in [1.807, 2.05) is 0 Å². The fourth-order valence-corrected chi connectivity index (χ4v) is 5.68. The molecule has 0 radical (unpaired) electrons. The summed E-state index contributed by atoms with van der Waals surface area (Å²) in [6, 6.07) is 16.0. The Kier molecular flexibility index (Phi) is 4.37. The van der Waals surface area contributed by atoms with Gasteiger partial charge in [-0.15, -0.1) is 0 Å². The van der Waals surface area contributed by atoms with Crippen LogP contribution >= 0.6 is 22.6 Å². The molecule has 0 N–H and O–H groups in total. The minimum atomic E-state index is 0.155. The van der Waals surface area contributed by atoms with Gasteiger partial charge in [0.05, 0.1) is 0 Å². The molecule has 3 atom stereocenters. The van der Waals surface area contributed by atoms with Crippen LogP contribution in [0.3, 0.4) is 0 Å². The van der Waals surface area contributed by atoms with Crippen LogP contribution in [0.1, 0.15) is 50.3 Å². The Morgan fingerprint density at radius 1 is 0.955 bits per heavy atom. The molecule has 0 nitrogen and oxygen atoms in total. The summed E-state index contributed by atoms with van der Waals surface area (Å²) >= 11 is 2.70. The molecule has 3 unspecified atom stereocenters.